The molecule has 0 radical (unpaired) electrons. The Bertz CT molecular complexity index is 563. The number of amides is 3. The molecular formula is C17H26N4O2. The summed E-state index contributed by atoms with van der Waals surface area (Å²) in [7, 11) is 0. The first-order valence-electron chi connectivity index (χ1n) is 8.63. The van der Waals surface area contributed by atoms with Gasteiger partial charge in [0.1, 0.15) is 0 Å². The van der Waals surface area contributed by atoms with E-state index in [0.717, 1.165) is 38.8 Å². The zero-order valence-corrected chi connectivity index (χ0v) is 13.8. The molecule has 3 rings (SSSR count). The molecule has 2 N–H and O–H groups in total. The highest BCUT2D eigenvalue weighted by atomic mass is 16.2. The van der Waals surface area contributed by atoms with Crippen LogP contribution >= 0.6 is 0 Å². The van der Waals surface area contributed by atoms with Crippen molar-refractivity contribution in [3.8, 4) is 0 Å². The largest absolute Gasteiger partial charge is 0.349 e. The third-order valence-corrected chi connectivity index (χ3v) is 5.01. The highest BCUT2D eigenvalue weighted by molar-refractivity contribution is 5.95. The van der Waals surface area contributed by atoms with Crippen LogP contribution in [0.5, 0.6) is 0 Å². The first kappa shape index (κ1) is 16.1. The minimum absolute atomic E-state index is 0.186. The normalized spacial score (nSPS) is 22.4. The van der Waals surface area contributed by atoms with Crippen LogP contribution in [-0.4, -0.2) is 40.5 Å². The monoisotopic (exact) mass is 318 g/mol. The van der Waals surface area contributed by atoms with E-state index in [0.29, 0.717) is 0 Å². The third-order valence-electron chi connectivity index (χ3n) is 5.01. The van der Waals surface area contributed by atoms with Gasteiger partial charge in [-0.25, -0.2) is 4.79 Å². The number of urea groups is 1. The smallest absolute Gasteiger partial charge is 0.321 e. The van der Waals surface area contributed by atoms with Crippen LogP contribution in [0.2, 0.25) is 0 Å². The van der Waals surface area contributed by atoms with Crippen molar-refractivity contribution in [2.24, 2.45) is 0 Å². The van der Waals surface area contributed by atoms with Crippen molar-refractivity contribution in [3.63, 3.8) is 0 Å². The topological polar surface area (TPSA) is 66.4 Å². The number of carbonyl (C=O) groups is 2. The summed E-state index contributed by atoms with van der Waals surface area (Å²) in [6.45, 7) is 4.06. The van der Waals surface area contributed by atoms with Crippen LogP contribution in [0.25, 0.3) is 0 Å². The molecule has 126 valence electrons. The molecule has 1 aliphatic heterocycles. The maximum atomic E-state index is 12.1. The van der Waals surface area contributed by atoms with E-state index in [4.69, 9.17) is 0 Å². The first-order chi connectivity index (χ1) is 11.1. The maximum Gasteiger partial charge on any atom is 0.321 e. The third kappa shape index (κ3) is 3.93. The molecule has 0 saturated heterocycles. The SMILES string of the molecule is CC1c2cccn2CCN1CC(=O)NC(=O)NC1CCCCC1. The Morgan fingerprint density at radius 2 is 2.00 bits per heavy atom. The molecule has 23 heavy (non-hydrogen) atoms. The molecule has 1 aromatic heterocycles. The second-order valence-corrected chi connectivity index (χ2v) is 6.63. The Morgan fingerprint density at radius 1 is 1.22 bits per heavy atom. The average molecular weight is 318 g/mol. The van der Waals surface area contributed by atoms with Gasteiger partial charge in [-0.2, -0.15) is 0 Å². The molecule has 2 aliphatic rings. The lowest BCUT2D eigenvalue weighted by molar-refractivity contribution is -0.122. The van der Waals surface area contributed by atoms with E-state index in [2.05, 4.69) is 39.3 Å². The van der Waals surface area contributed by atoms with Gasteiger partial charge in [-0.3, -0.25) is 15.0 Å². The molecule has 6 nitrogen and oxygen atoms in total. The van der Waals surface area contributed by atoms with Gasteiger partial charge in [0, 0.05) is 37.1 Å². The zero-order chi connectivity index (χ0) is 16.2. The molecule has 2 heterocycles. The fourth-order valence-corrected chi connectivity index (χ4v) is 3.66. The molecule has 1 aromatic rings. The van der Waals surface area contributed by atoms with Gasteiger partial charge in [-0.05, 0) is 31.9 Å². The summed E-state index contributed by atoms with van der Waals surface area (Å²) < 4.78 is 2.22. The number of hydrogen-bond acceptors (Lipinski definition) is 3. The Labute approximate surface area is 137 Å². The number of hydrogen-bond donors (Lipinski definition) is 2. The Hall–Kier alpha value is -1.82. The molecule has 6 heteroatoms. The van der Waals surface area contributed by atoms with Gasteiger partial charge in [0.15, 0.2) is 0 Å². The van der Waals surface area contributed by atoms with E-state index in [9.17, 15) is 9.59 Å². The number of fused-ring (bicyclic) bond motifs is 1. The van der Waals surface area contributed by atoms with Crippen molar-refractivity contribution >= 4 is 11.9 Å². The van der Waals surface area contributed by atoms with Gasteiger partial charge in [0.05, 0.1) is 6.54 Å². The number of nitrogens with zero attached hydrogens (tertiary/aromatic N) is 2. The first-order valence-corrected chi connectivity index (χ1v) is 8.63. The van der Waals surface area contributed by atoms with E-state index in [-0.39, 0.29) is 30.6 Å². The molecule has 3 amide bonds. The summed E-state index contributed by atoms with van der Waals surface area (Å²) in [6, 6.07) is 4.17. The maximum absolute atomic E-state index is 12.1. The van der Waals surface area contributed by atoms with E-state index < -0.39 is 0 Å². The predicted molar refractivity (Wildman–Crippen MR) is 88.0 cm³/mol. The number of rotatable bonds is 3. The van der Waals surface area contributed by atoms with Crippen LogP contribution in [0, 0.1) is 0 Å². The summed E-state index contributed by atoms with van der Waals surface area (Å²) in [5.41, 5.74) is 1.22. The molecule has 1 atom stereocenters. The van der Waals surface area contributed by atoms with E-state index in [1.807, 2.05) is 6.07 Å². The van der Waals surface area contributed by atoms with Crippen molar-refractivity contribution in [2.75, 3.05) is 13.1 Å². The molecule has 1 aliphatic carbocycles. The Kier molecular flexibility index (Phi) is 5.00. The molecule has 1 fully saturated rings. The van der Waals surface area contributed by atoms with E-state index in [1.165, 1.54) is 12.1 Å². The Morgan fingerprint density at radius 3 is 2.78 bits per heavy atom. The van der Waals surface area contributed by atoms with Crippen LogP contribution in [0.4, 0.5) is 4.79 Å². The van der Waals surface area contributed by atoms with Crippen molar-refractivity contribution in [3.05, 3.63) is 24.0 Å². The van der Waals surface area contributed by atoms with Gasteiger partial charge in [-0.1, -0.05) is 19.3 Å². The molecule has 0 bridgehead atoms. The number of imide groups is 1. The second-order valence-electron chi connectivity index (χ2n) is 6.63. The van der Waals surface area contributed by atoms with E-state index >= 15 is 0 Å². The minimum atomic E-state index is -0.352. The number of nitrogens with one attached hydrogen (secondary N) is 2. The fraction of sp³-hybridized carbons (Fsp3) is 0.647. The van der Waals surface area contributed by atoms with Gasteiger partial charge < -0.3 is 9.88 Å². The highest BCUT2D eigenvalue weighted by Crippen LogP contribution is 2.24. The average Bonchev–Trinajstić information content (AvgIpc) is 3.00. The van der Waals surface area contributed by atoms with Gasteiger partial charge in [0.25, 0.3) is 0 Å². The lowest BCUT2D eigenvalue weighted by Crippen LogP contribution is -2.49. The van der Waals surface area contributed by atoms with Crippen LogP contribution in [0.3, 0.4) is 0 Å². The minimum Gasteiger partial charge on any atom is -0.349 e. The highest BCUT2D eigenvalue weighted by Gasteiger charge is 2.25. The Balaban J connectivity index is 1.46. The summed E-state index contributed by atoms with van der Waals surface area (Å²) in [4.78, 5) is 26.2. The summed E-state index contributed by atoms with van der Waals surface area (Å²) in [5, 5.41) is 5.39. The summed E-state index contributed by atoms with van der Waals surface area (Å²) >= 11 is 0. The molecule has 0 aromatic carbocycles. The summed E-state index contributed by atoms with van der Waals surface area (Å²) in [6.07, 6.45) is 7.66. The standard InChI is InChI=1S/C17H26N4O2/c1-13-15-8-5-9-20(15)10-11-21(13)12-16(22)19-17(23)18-14-6-3-2-4-7-14/h5,8-9,13-14H,2-4,6-7,10-12H2,1H3,(H2,18,19,22,23). The van der Waals surface area contributed by atoms with Gasteiger partial charge in [-0.15, -0.1) is 0 Å². The van der Waals surface area contributed by atoms with Crippen LogP contribution in [0.15, 0.2) is 18.3 Å². The second kappa shape index (κ2) is 7.17. The van der Waals surface area contributed by atoms with Crippen molar-refractivity contribution in [2.45, 2.75) is 57.7 Å². The van der Waals surface area contributed by atoms with Crippen molar-refractivity contribution in [1.29, 1.82) is 0 Å². The van der Waals surface area contributed by atoms with Crippen LogP contribution in [0.1, 0.15) is 50.8 Å². The lowest BCUT2D eigenvalue weighted by atomic mass is 9.96. The fourth-order valence-electron chi connectivity index (χ4n) is 3.66. The molecular weight excluding hydrogens is 292 g/mol. The zero-order valence-electron chi connectivity index (χ0n) is 13.8. The number of carbonyl (C=O) groups excluding carboxylic acids is 2. The van der Waals surface area contributed by atoms with E-state index in [1.54, 1.807) is 0 Å². The quantitative estimate of drug-likeness (QED) is 0.896. The van der Waals surface area contributed by atoms with Crippen molar-refractivity contribution < 1.29 is 9.59 Å². The molecule has 0 spiro atoms. The van der Waals surface area contributed by atoms with Crippen LogP contribution in [-0.2, 0) is 11.3 Å². The lowest BCUT2D eigenvalue weighted by Gasteiger charge is -2.34. The molecule has 1 saturated carbocycles. The van der Waals surface area contributed by atoms with Crippen LogP contribution < -0.4 is 10.6 Å². The molecule has 1 unspecified atom stereocenters. The van der Waals surface area contributed by atoms with Gasteiger partial charge >= 0.3 is 6.03 Å². The predicted octanol–water partition coefficient (Wildman–Crippen LogP) is 2.02. The van der Waals surface area contributed by atoms with Gasteiger partial charge in [0.2, 0.25) is 5.91 Å². The van der Waals surface area contributed by atoms with Crippen molar-refractivity contribution in [1.82, 2.24) is 20.1 Å². The summed E-state index contributed by atoms with van der Waals surface area (Å²) in [5.74, 6) is -0.231. The number of aromatic nitrogens is 1.